The normalized spacial score (nSPS) is 11.1. The van der Waals surface area contributed by atoms with Gasteiger partial charge in [0.2, 0.25) is 5.95 Å². The number of nitrogens with zero attached hydrogens (tertiary/aromatic N) is 3. The Morgan fingerprint density at radius 1 is 1.14 bits per heavy atom. The third-order valence-electron chi connectivity index (χ3n) is 5.91. The van der Waals surface area contributed by atoms with E-state index in [0.29, 0.717) is 47.1 Å². The number of hydrogen-bond donors (Lipinski definition) is 2. The number of benzene rings is 2. The van der Waals surface area contributed by atoms with Gasteiger partial charge >= 0.3 is 0 Å². The minimum atomic E-state index is -0.349. The van der Waals surface area contributed by atoms with E-state index in [0.717, 1.165) is 15.6 Å². The van der Waals surface area contributed by atoms with Crippen molar-refractivity contribution in [2.45, 2.75) is 27.2 Å². The summed E-state index contributed by atoms with van der Waals surface area (Å²) >= 11 is 1.53. The first kappa shape index (κ1) is 23.5. The van der Waals surface area contributed by atoms with E-state index in [1.54, 1.807) is 19.1 Å². The highest BCUT2D eigenvalue weighted by molar-refractivity contribution is 7.13. The van der Waals surface area contributed by atoms with E-state index in [-0.39, 0.29) is 17.4 Å². The molecule has 0 saturated heterocycles. The van der Waals surface area contributed by atoms with Crippen LogP contribution in [0.1, 0.15) is 35.5 Å². The number of hydrogen-bond acceptors (Lipinski definition) is 6. The maximum atomic E-state index is 13.7. The average molecular weight is 500 g/mol. The standard InChI is InChI=1S/C27H25N5O3S/c1-4-18-16(3)28-27(30-25(18)33)32-23(15-20(31-32)22-11-8-14-36-22)29-26(34)24-19-10-7-6-9-17(19)12-13-21(24)35-5-2/h6-15H,4-5H2,1-3H3,(H,29,34)(H,28,30,33). The molecule has 2 N–H and O–H groups in total. The second-order valence-electron chi connectivity index (χ2n) is 8.16. The van der Waals surface area contributed by atoms with Crippen LogP contribution in [-0.4, -0.2) is 32.3 Å². The lowest BCUT2D eigenvalue weighted by Gasteiger charge is -2.14. The summed E-state index contributed by atoms with van der Waals surface area (Å²) in [6.07, 6.45) is 0.568. The number of nitrogens with one attached hydrogen (secondary N) is 2. The Balaban J connectivity index is 1.63. The summed E-state index contributed by atoms with van der Waals surface area (Å²) in [5.41, 5.74) is 2.10. The molecule has 9 heteroatoms. The van der Waals surface area contributed by atoms with Crippen LogP contribution in [0.25, 0.3) is 27.3 Å². The van der Waals surface area contributed by atoms with Gasteiger partial charge in [-0.2, -0.15) is 9.78 Å². The number of carbonyl (C=O) groups is 1. The number of amides is 1. The highest BCUT2D eigenvalue weighted by Crippen LogP contribution is 2.31. The smallest absolute Gasteiger partial charge is 0.261 e. The molecule has 182 valence electrons. The highest BCUT2D eigenvalue weighted by atomic mass is 32.1. The molecule has 0 atom stereocenters. The molecule has 2 aromatic carbocycles. The Labute approximate surface area is 211 Å². The van der Waals surface area contributed by atoms with Gasteiger partial charge in [-0.25, -0.2) is 4.98 Å². The Hall–Kier alpha value is -4.24. The first-order valence-corrected chi connectivity index (χ1v) is 12.6. The van der Waals surface area contributed by atoms with Gasteiger partial charge in [-0.1, -0.05) is 43.3 Å². The number of aromatic amines is 1. The predicted octanol–water partition coefficient (Wildman–Crippen LogP) is 5.36. The quantitative estimate of drug-likeness (QED) is 0.314. The number of H-pyrrole nitrogens is 1. The van der Waals surface area contributed by atoms with Gasteiger partial charge in [-0.05, 0) is 48.6 Å². The summed E-state index contributed by atoms with van der Waals surface area (Å²) in [6.45, 7) is 6.01. The lowest BCUT2D eigenvalue weighted by atomic mass is 10.0. The van der Waals surface area contributed by atoms with E-state index in [4.69, 9.17) is 4.74 Å². The van der Waals surface area contributed by atoms with Gasteiger partial charge in [-0.3, -0.25) is 14.6 Å². The van der Waals surface area contributed by atoms with Crippen molar-refractivity contribution in [2.24, 2.45) is 0 Å². The number of rotatable bonds is 7. The van der Waals surface area contributed by atoms with Gasteiger partial charge in [0, 0.05) is 17.3 Å². The molecule has 0 aliphatic carbocycles. The van der Waals surface area contributed by atoms with E-state index in [1.807, 2.05) is 61.7 Å². The average Bonchev–Trinajstić information content (AvgIpc) is 3.54. The maximum absolute atomic E-state index is 13.7. The molecule has 0 fully saturated rings. The van der Waals surface area contributed by atoms with E-state index >= 15 is 0 Å². The number of ether oxygens (including phenoxy) is 1. The van der Waals surface area contributed by atoms with Crippen LogP contribution in [0.2, 0.25) is 0 Å². The SMILES string of the molecule is CCOc1ccc2ccccc2c1C(=O)Nc1cc(-c2cccs2)nn1-c1nc(C)c(CC)c(=O)[nH]1. The third-order valence-corrected chi connectivity index (χ3v) is 6.80. The lowest BCUT2D eigenvalue weighted by Crippen LogP contribution is -2.22. The molecule has 0 bridgehead atoms. The van der Waals surface area contributed by atoms with Gasteiger partial charge < -0.3 is 10.1 Å². The molecule has 0 aliphatic rings. The number of aryl methyl sites for hydroxylation is 1. The van der Waals surface area contributed by atoms with Crippen molar-refractivity contribution in [2.75, 3.05) is 11.9 Å². The molecule has 1 amide bonds. The summed E-state index contributed by atoms with van der Waals surface area (Å²) < 4.78 is 7.26. The number of anilines is 1. The van der Waals surface area contributed by atoms with Crippen LogP contribution in [0.15, 0.2) is 64.8 Å². The summed E-state index contributed by atoms with van der Waals surface area (Å²) in [6, 6.07) is 17.1. The van der Waals surface area contributed by atoms with Crippen LogP contribution < -0.4 is 15.6 Å². The molecule has 3 heterocycles. The highest BCUT2D eigenvalue weighted by Gasteiger charge is 2.21. The molecule has 0 saturated carbocycles. The molecule has 0 spiro atoms. The number of fused-ring (bicyclic) bond motifs is 1. The fourth-order valence-corrected chi connectivity index (χ4v) is 4.91. The Bertz CT molecular complexity index is 1620. The monoisotopic (exact) mass is 499 g/mol. The zero-order valence-corrected chi connectivity index (χ0v) is 21.0. The fourth-order valence-electron chi connectivity index (χ4n) is 4.23. The molecule has 0 radical (unpaired) electrons. The van der Waals surface area contributed by atoms with E-state index in [2.05, 4.69) is 20.4 Å². The van der Waals surface area contributed by atoms with Gasteiger partial charge in [-0.15, -0.1) is 11.3 Å². The Kier molecular flexibility index (Phi) is 6.39. The zero-order chi connectivity index (χ0) is 25.2. The van der Waals surface area contributed by atoms with Crippen LogP contribution in [0.4, 0.5) is 5.82 Å². The predicted molar refractivity (Wildman–Crippen MR) is 142 cm³/mol. The molecule has 0 unspecified atom stereocenters. The molecule has 5 rings (SSSR count). The zero-order valence-electron chi connectivity index (χ0n) is 20.2. The summed E-state index contributed by atoms with van der Waals surface area (Å²) in [5, 5.41) is 11.3. The molecular weight excluding hydrogens is 474 g/mol. The van der Waals surface area contributed by atoms with Crippen molar-refractivity contribution in [3.05, 3.63) is 87.2 Å². The van der Waals surface area contributed by atoms with Crippen molar-refractivity contribution in [3.63, 3.8) is 0 Å². The van der Waals surface area contributed by atoms with Crippen LogP contribution in [0, 0.1) is 6.92 Å². The van der Waals surface area contributed by atoms with E-state index in [9.17, 15) is 9.59 Å². The molecule has 5 aromatic rings. The van der Waals surface area contributed by atoms with Crippen molar-refractivity contribution in [3.8, 4) is 22.3 Å². The minimum absolute atomic E-state index is 0.224. The van der Waals surface area contributed by atoms with Gasteiger partial charge in [0.05, 0.1) is 17.0 Å². The topological polar surface area (TPSA) is 102 Å². The molecule has 8 nitrogen and oxygen atoms in total. The van der Waals surface area contributed by atoms with Crippen LogP contribution in [-0.2, 0) is 6.42 Å². The van der Waals surface area contributed by atoms with Gasteiger partial charge in [0.25, 0.3) is 11.5 Å². The maximum Gasteiger partial charge on any atom is 0.261 e. The first-order valence-electron chi connectivity index (χ1n) is 11.7. The summed E-state index contributed by atoms with van der Waals surface area (Å²) in [7, 11) is 0. The second-order valence-corrected chi connectivity index (χ2v) is 9.11. The van der Waals surface area contributed by atoms with Crippen molar-refractivity contribution in [1.82, 2.24) is 19.7 Å². The van der Waals surface area contributed by atoms with Crippen molar-refractivity contribution >= 4 is 33.8 Å². The van der Waals surface area contributed by atoms with Crippen molar-refractivity contribution < 1.29 is 9.53 Å². The summed E-state index contributed by atoms with van der Waals surface area (Å²) in [4.78, 5) is 34.7. The molecule has 3 aromatic heterocycles. The second kappa shape index (κ2) is 9.79. The van der Waals surface area contributed by atoms with Gasteiger partial charge in [0.15, 0.2) is 0 Å². The summed E-state index contributed by atoms with van der Waals surface area (Å²) in [5.74, 6) is 0.757. The fraction of sp³-hybridized carbons (Fsp3) is 0.185. The van der Waals surface area contributed by atoms with Crippen LogP contribution in [0.3, 0.4) is 0 Å². The van der Waals surface area contributed by atoms with Crippen LogP contribution in [0.5, 0.6) is 5.75 Å². The van der Waals surface area contributed by atoms with Crippen molar-refractivity contribution in [1.29, 1.82) is 0 Å². The molecular formula is C27H25N5O3S. The Morgan fingerprint density at radius 2 is 1.97 bits per heavy atom. The van der Waals surface area contributed by atoms with Gasteiger partial charge in [0.1, 0.15) is 17.3 Å². The number of aromatic nitrogens is 4. The lowest BCUT2D eigenvalue weighted by molar-refractivity contribution is 0.102. The number of thiophene rings is 1. The molecule has 36 heavy (non-hydrogen) atoms. The largest absolute Gasteiger partial charge is 0.493 e. The number of carbonyl (C=O) groups excluding carboxylic acids is 1. The Morgan fingerprint density at radius 3 is 2.69 bits per heavy atom. The van der Waals surface area contributed by atoms with Crippen LogP contribution >= 0.6 is 11.3 Å². The first-order chi connectivity index (χ1) is 17.5. The van der Waals surface area contributed by atoms with E-state index in [1.165, 1.54) is 16.0 Å². The van der Waals surface area contributed by atoms with E-state index < -0.39 is 0 Å². The minimum Gasteiger partial charge on any atom is -0.493 e. The third kappa shape index (κ3) is 4.29. The molecule has 0 aliphatic heterocycles.